The van der Waals surface area contributed by atoms with Gasteiger partial charge in [0.15, 0.2) is 0 Å². The molecule has 2 fully saturated rings. The Bertz CT molecular complexity index is 1530. The number of anilines is 1. The lowest BCUT2D eigenvalue weighted by atomic mass is 10.0. The van der Waals surface area contributed by atoms with Crippen LogP contribution in [0.25, 0.3) is 0 Å². The number of carboxylic acid groups (broad SMARTS) is 1. The number of para-hydroxylation sites is 1. The first-order valence-electron chi connectivity index (χ1n) is 16.2. The van der Waals surface area contributed by atoms with E-state index in [0.717, 1.165) is 17.7 Å². The molecule has 6 rings (SSSR count). The summed E-state index contributed by atoms with van der Waals surface area (Å²) < 4.78 is 31.4. The zero-order valence-corrected chi connectivity index (χ0v) is 26.8. The van der Waals surface area contributed by atoms with Crippen LogP contribution < -0.4 is 14.4 Å². The van der Waals surface area contributed by atoms with E-state index in [1.165, 1.54) is 17.0 Å². The van der Waals surface area contributed by atoms with E-state index in [2.05, 4.69) is 21.7 Å². The minimum absolute atomic E-state index is 0.0879. The van der Waals surface area contributed by atoms with E-state index >= 15 is 0 Å². The number of hydrogen-bond acceptors (Lipinski definition) is 8. The number of fused-ring (bicyclic) bond motifs is 1. The van der Waals surface area contributed by atoms with Gasteiger partial charge in [0.25, 0.3) is 0 Å². The number of carbonyl (C=O) groups is 2. The smallest absolute Gasteiger partial charge is 0.407 e. The minimum atomic E-state index is -0.955. The molecule has 1 N–H and O–H groups in total. The fourth-order valence-electron chi connectivity index (χ4n) is 6.61. The number of hydrogen-bond donors (Lipinski definition) is 1. The minimum Gasteiger partial charge on any atom is -0.491 e. The molecule has 2 aromatic carbocycles. The molecule has 4 atom stereocenters. The molecule has 0 spiro atoms. The zero-order chi connectivity index (χ0) is 32.9. The third-order valence-electron chi connectivity index (χ3n) is 9.19. The van der Waals surface area contributed by atoms with Crippen LogP contribution in [0.3, 0.4) is 0 Å². The number of aromatic nitrogens is 1. The van der Waals surface area contributed by atoms with Crippen LogP contribution in [-0.2, 0) is 16.0 Å². The Kier molecular flexibility index (Phi) is 10.2. The van der Waals surface area contributed by atoms with Crippen molar-refractivity contribution in [2.24, 2.45) is 0 Å². The van der Waals surface area contributed by atoms with Crippen molar-refractivity contribution in [3.05, 3.63) is 83.8 Å². The quantitative estimate of drug-likeness (QED) is 0.372. The van der Waals surface area contributed by atoms with Gasteiger partial charge in [-0.1, -0.05) is 30.3 Å². The summed E-state index contributed by atoms with van der Waals surface area (Å²) in [5.74, 6) is 0.601. The second kappa shape index (κ2) is 14.7. The highest BCUT2D eigenvalue weighted by atomic mass is 19.1. The number of ether oxygens (including phenoxy) is 3. The van der Waals surface area contributed by atoms with Crippen molar-refractivity contribution in [3.8, 4) is 11.6 Å². The maximum Gasteiger partial charge on any atom is 0.407 e. The SMILES string of the molecule is CC1COCCN1C[C@H]1CN(C(=O)O)[C@H](C)CN1CC(=O)N1c2cc(Cc3ccc(F)cc3)cnc2OCC1COc1ccccc1. The summed E-state index contributed by atoms with van der Waals surface area (Å²) >= 11 is 0. The molecular formula is C35H42FN5O6. The monoisotopic (exact) mass is 647 g/mol. The molecular weight excluding hydrogens is 605 g/mol. The Labute approximate surface area is 274 Å². The van der Waals surface area contributed by atoms with Crippen LogP contribution in [0.15, 0.2) is 66.9 Å². The second-order valence-electron chi connectivity index (χ2n) is 12.6. The summed E-state index contributed by atoms with van der Waals surface area (Å²) in [5.41, 5.74) is 2.32. The van der Waals surface area contributed by atoms with Crippen LogP contribution in [0, 0.1) is 5.82 Å². The molecule has 0 bridgehead atoms. The van der Waals surface area contributed by atoms with E-state index in [0.29, 0.717) is 56.6 Å². The highest BCUT2D eigenvalue weighted by molar-refractivity contribution is 5.97. The van der Waals surface area contributed by atoms with Gasteiger partial charge < -0.3 is 24.2 Å². The van der Waals surface area contributed by atoms with Gasteiger partial charge in [0.2, 0.25) is 11.8 Å². The maximum absolute atomic E-state index is 14.5. The summed E-state index contributed by atoms with van der Waals surface area (Å²) in [6.45, 7) is 7.82. The highest BCUT2D eigenvalue weighted by Gasteiger charge is 2.40. The predicted octanol–water partition coefficient (Wildman–Crippen LogP) is 3.76. The standard InChI is InChI=1S/C35H42FN5O6/c1-24-17-39(29(19-40(24)35(43)44)18-38-12-13-45-21-25(38)2)20-33(42)41-30(22-46-31-6-4-3-5-7-31)23-47-34-32(41)15-27(16-37-34)14-26-8-10-28(36)11-9-26/h3-11,15-16,24-25,29-30H,12-14,17-23H2,1-2H3,(H,43,44)/t24-,25?,29+,30?/m1/s1. The summed E-state index contributed by atoms with van der Waals surface area (Å²) in [7, 11) is 0. The molecule has 3 aliphatic rings. The molecule has 2 saturated heterocycles. The van der Waals surface area contributed by atoms with Crippen LogP contribution in [0.4, 0.5) is 14.9 Å². The molecule has 0 aliphatic carbocycles. The molecule has 0 radical (unpaired) electrons. The van der Waals surface area contributed by atoms with Gasteiger partial charge in [0.1, 0.15) is 36.5 Å². The Hall–Kier alpha value is -4.26. The Morgan fingerprint density at radius 3 is 2.51 bits per heavy atom. The average Bonchev–Trinajstić information content (AvgIpc) is 3.06. The number of nitrogens with zero attached hydrogens (tertiary/aromatic N) is 5. The number of amides is 2. The van der Waals surface area contributed by atoms with Gasteiger partial charge in [-0.15, -0.1) is 0 Å². The molecule has 4 heterocycles. The highest BCUT2D eigenvalue weighted by Crippen LogP contribution is 2.34. The van der Waals surface area contributed by atoms with Crippen LogP contribution in [0.5, 0.6) is 11.6 Å². The molecule has 2 amide bonds. The topological polar surface area (TPSA) is 108 Å². The zero-order valence-electron chi connectivity index (χ0n) is 26.8. The van der Waals surface area contributed by atoms with E-state index in [9.17, 15) is 19.1 Å². The predicted molar refractivity (Wildman–Crippen MR) is 174 cm³/mol. The van der Waals surface area contributed by atoms with Crippen molar-refractivity contribution in [2.45, 2.75) is 44.4 Å². The molecule has 3 aliphatic heterocycles. The molecule has 1 aromatic heterocycles. The lowest BCUT2D eigenvalue weighted by Crippen LogP contribution is -2.64. The number of halogens is 1. The van der Waals surface area contributed by atoms with E-state index in [-0.39, 0.29) is 49.6 Å². The third kappa shape index (κ3) is 7.83. The van der Waals surface area contributed by atoms with Crippen molar-refractivity contribution in [3.63, 3.8) is 0 Å². The molecule has 3 aromatic rings. The van der Waals surface area contributed by atoms with Crippen molar-refractivity contribution >= 4 is 17.7 Å². The summed E-state index contributed by atoms with van der Waals surface area (Å²) in [6, 6.07) is 17.0. The largest absolute Gasteiger partial charge is 0.491 e. The average molecular weight is 648 g/mol. The lowest BCUT2D eigenvalue weighted by molar-refractivity contribution is -0.122. The number of rotatable bonds is 9. The van der Waals surface area contributed by atoms with Crippen molar-refractivity contribution in [2.75, 3.05) is 64.1 Å². The van der Waals surface area contributed by atoms with Gasteiger partial charge in [0.05, 0.1) is 19.8 Å². The van der Waals surface area contributed by atoms with Crippen LogP contribution in [0.1, 0.15) is 25.0 Å². The van der Waals surface area contributed by atoms with E-state index in [1.54, 1.807) is 23.2 Å². The van der Waals surface area contributed by atoms with E-state index in [4.69, 9.17) is 14.2 Å². The number of benzene rings is 2. The molecule has 12 heteroatoms. The molecule has 2 unspecified atom stereocenters. The van der Waals surface area contributed by atoms with Gasteiger partial charge in [-0.3, -0.25) is 19.5 Å². The van der Waals surface area contributed by atoms with Crippen LogP contribution in [-0.4, -0.2) is 120 Å². The van der Waals surface area contributed by atoms with Gasteiger partial charge in [0, 0.05) is 50.5 Å². The number of carbonyl (C=O) groups excluding carboxylic acids is 1. The maximum atomic E-state index is 14.5. The van der Waals surface area contributed by atoms with Crippen molar-refractivity contribution < 1.29 is 33.3 Å². The Balaban J connectivity index is 1.27. The van der Waals surface area contributed by atoms with Gasteiger partial charge in [-0.05, 0) is 61.7 Å². The fraction of sp³-hybridized carbons (Fsp3) is 0.457. The first-order valence-corrected chi connectivity index (χ1v) is 16.2. The van der Waals surface area contributed by atoms with E-state index in [1.807, 2.05) is 43.3 Å². The number of morpholine rings is 1. The first-order chi connectivity index (χ1) is 22.7. The van der Waals surface area contributed by atoms with Gasteiger partial charge in [-0.25, -0.2) is 14.2 Å². The van der Waals surface area contributed by atoms with Gasteiger partial charge >= 0.3 is 6.09 Å². The summed E-state index contributed by atoms with van der Waals surface area (Å²) in [6.07, 6.45) is 1.27. The molecule has 11 nitrogen and oxygen atoms in total. The number of piperazine rings is 1. The number of pyridine rings is 1. The lowest BCUT2D eigenvalue weighted by Gasteiger charge is -2.47. The van der Waals surface area contributed by atoms with Gasteiger partial charge in [-0.2, -0.15) is 0 Å². The first kappa shape index (κ1) is 32.7. The summed E-state index contributed by atoms with van der Waals surface area (Å²) in [4.78, 5) is 38.9. The van der Waals surface area contributed by atoms with Crippen molar-refractivity contribution in [1.82, 2.24) is 19.7 Å². The molecule has 47 heavy (non-hydrogen) atoms. The molecule has 250 valence electrons. The van der Waals surface area contributed by atoms with Crippen LogP contribution in [0.2, 0.25) is 0 Å². The third-order valence-corrected chi connectivity index (χ3v) is 9.19. The second-order valence-corrected chi connectivity index (χ2v) is 12.6. The van der Waals surface area contributed by atoms with E-state index < -0.39 is 12.1 Å². The van der Waals surface area contributed by atoms with Crippen molar-refractivity contribution in [1.29, 1.82) is 0 Å². The normalized spacial score (nSPS) is 23.6. The molecule has 0 saturated carbocycles. The fourth-order valence-corrected chi connectivity index (χ4v) is 6.61. The Morgan fingerprint density at radius 2 is 1.77 bits per heavy atom. The van der Waals surface area contributed by atoms with Crippen LogP contribution >= 0.6 is 0 Å². The summed E-state index contributed by atoms with van der Waals surface area (Å²) in [5, 5.41) is 9.94. The Morgan fingerprint density at radius 1 is 0.979 bits per heavy atom.